The van der Waals surface area contributed by atoms with E-state index in [1.54, 1.807) is 7.11 Å². The molecule has 3 aromatic carbocycles. The van der Waals surface area contributed by atoms with Crippen molar-refractivity contribution in [2.24, 2.45) is 0 Å². The van der Waals surface area contributed by atoms with E-state index < -0.39 is 0 Å². The summed E-state index contributed by atoms with van der Waals surface area (Å²) < 4.78 is 11.4. The first-order chi connectivity index (χ1) is 14.2. The molecule has 2 heterocycles. The highest BCUT2D eigenvalue weighted by molar-refractivity contribution is 6.11. The van der Waals surface area contributed by atoms with Crippen molar-refractivity contribution >= 4 is 16.7 Å². The number of benzene rings is 3. The minimum absolute atomic E-state index is 0.00208. The highest BCUT2D eigenvalue weighted by Crippen LogP contribution is 2.34. The van der Waals surface area contributed by atoms with Gasteiger partial charge in [0.25, 0.3) is 0 Å². The molecule has 0 saturated carbocycles. The molecular weight excluding hydrogens is 362 g/mol. The third-order valence-corrected chi connectivity index (χ3v) is 5.25. The predicted octanol–water partition coefficient (Wildman–Crippen LogP) is 5.08. The zero-order chi connectivity index (χ0) is 19.8. The van der Waals surface area contributed by atoms with Gasteiger partial charge in [0.2, 0.25) is 5.88 Å². The number of carbonyl (C=O) groups excluding carboxylic acids is 1. The topological polar surface area (TPSA) is 48.4 Å². The van der Waals surface area contributed by atoms with Gasteiger partial charge in [-0.3, -0.25) is 4.79 Å². The lowest BCUT2D eigenvalue weighted by Crippen LogP contribution is -2.06. The molecule has 0 atom stereocenters. The molecule has 1 aromatic heterocycles. The van der Waals surface area contributed by atoms with Crippen LogP contribution < -0.4 is 9.47 Å². The minimum Gasteiger partial charge on any atom is -0.493 e. The van der Waals surface area contributed by atoms with Crippen LogP contribution in [0.3, 0.4) is 0 Å². The first-order valence-corrected chi connectivity index (χ1v) is 9.57. The van der Waals surface area contributed by atoms with Gasteiger partial charge in [0.15, 0.2) is 5.78 Å². The van der Waals surface area contributed by atoms with Crippen molar-refractivity contribution in [3.63, 3.8) is 0 Å². The standard InChI is InChI=1S/C25H19NO3/c1-28-24-15-21-17-5-3-7-20(13-17)29-11-10-16-4-2-6-18(12-16)25(27)19-8-9-23(26-24)22(21)14-19/h2-9,12-15H,10-11H2,1H3. The Morgan fingerprint density at radius 1 is 0.897 bits per heavy atom. The smallest absolute Gasteiger partial charge is 0.214 e. The van der Waals surface area contributed by atoms with Gasteiger partial charge in [0, 0.05) is 29.0 Å². The normalized spacial score (nSPS) is 13.1. The van der Waals surface area contributed by atoms with Crippen LogP contribution in [-0.2, 0) is 6.42 Å². The van der Waals surface area contributed by atoms with Crippen LogP contribution in [0.4, 0.5) is 0 Å². The van der Waals surface area contributed by atoms with Crippen LogP contribution in [0.5, 0.6) is 11.6 Å². The molecule has 0 radical (unpaired) electrons. The van der Waals surface area contributed by atoms with E-state index in [0.717, 1.165) is 39.8 Å². The summed E-state index contributed by atoms with van der Waals surface area (Å²) in [5.41, 5.74) is 5.14. The van der Waals surface area contributed by atoms with Crippen molar-refractivity contribution in [1.82, 2.24) is 4.98 Å². The second kappa shape index (κ2) is 7.06. The maximum Gasteiger partial charge on any atom is 0.214 e. The van der Waals surface area contributed by atoms with E-state index in [9.17, 15) is 4.79 Å². The van der Waals surface area contributed by atoms with Crippen molar-refractivity contribution in [3.05, 3.63) is 89.5 Å². The number of hydrogen-bond donors (Lipinski definition) is 0. The summed E-state index contributed by atoms with van der Waals surface area (Å²) in [4.78, 5) is 17.7. The van der Waals surface area contributed by atoms with Crippen LogP contribution >= 0.6 is 0 Å². The Hall–Kier alpha value is -3.66. The van der Waals surface area contributed by atoms with Crippen LogP contribution in [0.25, 0.3) is 22.0 Å². The lowest BCUT2D eigenvalue weighted by Gasteiger charge is -2.14. The number of ketones is 1. The maximum atomic E-state index is 13.2. The lowest BCUT2D eigenvalue weighted by atomic mass is 9.95. The number of carbonyl (C=O) groups is 1. The van der Waals surface area contributed by atoms with Crippen molar-refractivity contribution in [2.45, 2.75) is 6.42 Å². The SMILES string of the molecule is COc1cc2c3cc(ccc3n1)C(=O)c1cccc(c1)CCOc1cccc-2c1. The highest BCUT2D eigenvalue weighted by Gasteiger charge is 2.15. The average Bonchev–Trinajstić information content (AvgIpc) is 2.77. The summed E-state index contributed by atoms with van der Waals surface area (Å²) in [7, 11) is 1.61. The van der Waals surface area contributed by atoms with Gasteiger partial charge in [-0.25, -0.2) is 4.98 Å². The average molecular weight is 381 g/mol. The summed E-state index contributed by atoms with van der Waals surface area (Å²) >= 11 is 0. The van der Waals surface area contributed by atoms with Gasteiger partial charge in [-0.15, -0.1) is 0 Å². The second-order valence-electron chi connectivity index (χ2n) is 7.10. The molecule has 5 rings (SSSR count). The Morgan fingerprint density at radius 3 is 2.62 bits per heavy atom. The summed E-state index contributed by atoms with van der Waals surface area (Å²) in [5.74, 6) is 1.35. The fraction of sp³-hybridized carbons (Fsp3) is 0.120. The van der Waals surface area contributed by atoms with Gasteiger partial charge in [-0.2, -0.15) is 0 Å². The number of fused-ring (bicyclic) bond motifs is 6. The molecule has 0 amide bonds. The van der Waals surface area contributed by atoms with Crippen molar-refractivity contribution in [3.8, 4) is 22.8 Å². The van der Waals surface area contributed by atoms with Gasteiger partial charge >= 0.3 is 0 Å². The van der Waals surface area contributed by atoms with Gasteiger partial charge in [0.1, 0.15) is 5.75 Å². The number of aromatic nitrogens is 1. The van der Waals surface area contributed by atoms with Crippen molar-refractivity contribution in [1.29, 1.82) is 0 Å². The Labute approximate surface area is 168 Å². The second-order valence-corrected chi connectivity index (χ2v) is 7.10. The van der Waals surface area contributed by atoms with Crippen LogP contribution in [0, 0.1) is 0 Å². The molecule has 0 N–H and O–H groups in total. The van der Waals surface area contributed by atoms with E-state index in [-0.39, 0.29) is 5.78 Å². The predicted molar refractivity (Wildman–Crippen MR) is 113 cm³/mol. The molecule has 4 heteroatoms. The Kier molecular flexibility index (Phi) is 4.24. The van der Waals surface area contributed by atoms with Gasteiger partial charge < -0.3 is 9.47 Å². The molecule has 4 nitrogen and oxygen atoms in total. The van der Waals surface area contributed by atoms with Gasteiger partial charge in [0.05, 0.1) is 19.2 Å². The van der Waals surface area contributed by atoms with E-state index >= 15 is 0 Å². The van der Waals surface area contributed by atoms with Crippen LogP contribution in [0.1, 0.15) is 21.5 Å². The number of methoxy groups -OCH3 is 1. The van der Waals surface area contributed by atoms with Crippen LogP contribution in [0.2, 0.25) is 0 Å². The summed E-state index contributed by atoms with van der Waals surface area (Å²) in [6.45, 7) is 0.543. The molecule has 0 unspecified atom stereocenters. The molecule has 0 spiro atoms. The zero-order valence-corrected chi connectivity index (χ0v) is 16.0. The summed E-state index contributed by atoms with van der Waals surface area (Å²) in [6.07, 6.45) is 0.735. The zero-order valence-electron chi connectivity index (χ0n) is 16.0. The quantitative estimate of drug-likeness (QED) is 0.462. The fourth-order valence-electron chi connectivity index (χ4n) is 3.76. The molecule has 1 aliphatic rings. The van der Waals surface area contributed by atoms with Crippen molar-refractivity contribution in [2.75, 3.05) is 13.7 Å². The number of rotatable bonds is 1. The van der Waals surface area contributed by atoms with E-state index in [1.165, 1.54) is 0 Å². The third kappa shape index (κ3) is 3.23. The molecule has 4 aromatic rings. The molecule has 0 saturated heterocycles. The minimum atomic E-state index is 0.00208. The van der Waals surface area contributed by atoms with E-state index in [4.69, 9.17) is 9.47 Å². The Morgan fingerprint density at radius 2 is 1.72 bits per heavy atom. The van der Waals surface area contributed by atoms with E-state index in [2.05, 4.69) is 4.98 Å². The van der Waals surface area contributed by atoms with Crippen LogP contribution in [-0.4, -0.2) is 24.5 Å². The number of ether oxygens (including phenoxy) is 2. The van der Waals surface area contributed by atoms with E-state index in [0.29, 0.717) is 23.6 Å². The highest BCUT2D eigenvalue weighted by atomic mass is 16.5. The number of pyridine rings is 1. The van der Waals surface area contributed by atoms with E-state index in [1.807, 2.05) is 72.8 Å². The molecule has 1 aliphatic heterocycles. The number of nitrogens with zero attached hydrogens (tertiary/aromatic N) is 1. The third-order valence-electron chi connectivity index (χ3n) is 5.25. The molecule has 0 aliphatic carbocycles. The monoisotopic (exact) mass is 381 g/mol. The molecule has 29 heavy (non-hydrogen) atoms. The van der Waals surface area contributed by atoms with Crippen molar-refractivity contribution < 1.29 is 14.3 Å². The first-order valence-electron chi connectivity index (χ1n) is 9.57. The Bertz CT molecular complexity index is 1250. The molecule has 0 fully saturated rings. The molecule has 142 valence electrons. The largest absolute Gasteiger partial charge is 0.493 e. The molecular formula is C25H19NO3. The first kappa shape index (κ1) is 17.4. The fourth-order valence-corrected chi connectivity index (χ4v) is 3.76. The lowest BCUT2D eigenvalue weighted by molar-refractivity contribution is 0.103. The summed E-state index contributed by atoms with van der Waals surface area (Å²) in [6, 6.07) is 23.3. The van der Waals surface area contributed by atoms with Gasteiger partial charge in [-0.05, 0) is 53.1 Å². The Balaban J connectivity index is 1.80. The number of hydrogen-bond acceptors (Lipinski definition) is 4. The van der Waals surface area contributed by atoms with Gasteiger partial charge in [-0.1, -0.05) is 30.3 Å². The molecule has 6 bridgehead atoms. The van der Waals surface area contributed by atoms with Crippen LogP contribution in [0.15, 0.2) is 72.8 Å². The maximum absolute atomic E-state index is 13.2. The summed E-state index contributed by atoms with van der Waals surface area (Å²) in [5, 5.41) is 0.905.